The van der Waals surface area contributed by atoms with E-state index in [1.54, 1.807) is 13.3 Å². The molecule has 0 saturated carbocycles. The summed E-state index contributed by atoms with van der Waals surface area (Å²) in [4.78, 5) is 9.09. The molecule has 3 heterocycles. The van der Waals surface area contributed by atoms with Crippen LogP contribution in [0.2, 0.25) is 0 Å². The molecule has 0 spiro atoms. The third-order valence-electron chi connectivity index (χ3n) is 3.97. The molecule has 0 aromatic carbocycles. The van der Waals surface area contributed by atoms with Crippen molar-refractivity contribution in [2.24, 2.45) is 0 Å². The van der Waals surface area contributed by atoms with Gasteiger partial charge in [0.25, 0.3) is 0 Å². The van der Waals surface area contributed by atoms with E-state index in [-0.39, 0.29) is 17.4 Å². The minimum atomic E-state index is -2.86. The SMILES string of the molecule is COCCn1c(C2CCS(=O)(=O)CC2)nc2cccnc21. The molecule has 1 aliphatic rings. The zero-order chi connectivity index (χ0) is 14.9. The summed E-state index contributed by atoms with van der Waals surface area (Å²) in [5.74, 6) is 1.62. The van der Waals surface area contributed by atoms with Crippen molar-refractivity contribution in [3.63, 3.8) is 0 Å². The van der Waals surface area contributed by atoms with E-state index >= 15 is 0 Å². The number of aromatic nitrogens is 3. The van der Waals surface area contributed by atoms with Gasteiger partial charge in [0, 0.05) is 25.8 Å². The summed E-state index contributed by atoms with van der Waals surface area (Å²) in [5, 5.41) is 0. The molecule has 7 heteroatoms. The molecular formula is C14H19N3O3S. The van der Waals surface area contributed by atoms with E-state index in [1.165, 1.54) is 0 Å². The lowest BCUT2D eigenvalue weighted by molar-refractivity contribution is 0.186. The second kappa shape index (κ2) is 5.73. The number of hydrogen-bond donors (Lipinski definition) is 0. The molecule has 2 aromatic heterocycles. The Morgan fingerprint density at radius 3 is 2.86 bits per heavy atom. The highest BCUT2D eigenvalue weighted by Gasteiger charge is 2.28. The fourth-order valence-corrected chi connectivity index (χ4v) is 4.33. The Kier molecular flexibility index (Phi) is 3.95. The third-order valence-corrected chi connectivity index (χ3v) is 5.69. The average Bonchev–Trinajstić information content (AvgIpc) is 2.83. The minimum Gasteiger partial charge on any atom is -0.383 e. The van der Waals surface area contributed by atoms with Crippen molar-refractivity contribution in [3.8, 4) is 0 Å². The van der Waals surface area contributed by atoms with Crippen LogP contribution in [0.4, 0.5) is 0 Å². The van der Waals surface area contributed by atoms with Gasteiger partial charge in [-0.2, -0.15) is 0 Å². The third kappa shape index (κ3) is 2.94. The van der Waals surface area contributed by atoms with E-state index < -0.39 is 9.84 Å². The summed E-state index contributed by atoms with van der Waals surface area (Å²) in [7, 11) is -1.19. The zero-order valence-electron chi connectivity index (χ0n) is 12.0. The Morgan fingerprint density at radius 1 is 1.38 bits per heavy atom. The van der Waals surface area contributed by atoms with Crippen molar-refractivity contribution in [2.75, 3.05) is 25.2 Å². The molecule has 0 N–H and O–H groups in total. The number of hydrogen-bond acceptors (Lipinski definition) is 5. The van der Waals surface area contributed by atoms with Gasteiger partial charge in [-0.3, -0.25) is 0 Å². The molecule has 114 valence electrons. The maximum atomic E-state index is 11.6. The molecule has 0 unspecified atom stereocenters. The summed E-state index contributed by atoms with van der Waals surface area (Å²) in [5.41, 5.74) is 1.70. The number of fused-ring (bicyclic) bond motifs is 1. The Morgan fingerprint density at radius 2 is 2.14 bits per heavy atom. The number of ether oxygens (including phenoxy) is 1. The van der Waals surface area contributed by atoms with E-state index in [1.807, 2.05) is 12.1 Å². The van der Waals surface area contributed by atoms with Gasteiger partial charge in [-0.1, -0.05) is 0 Å². The zero-order valence-corrected chi connectivity index (χ0v) is 12.8. The number of methoxy groups -OCH3 is 1. The van der Waals surface area contributed by atoms with Crippen LogP contribution in [0.5, 0.6) is 0 Å². The van der Waals surface area contributed by atoms with Gasteiger partial charge >= 0.3 is 0 Å². The van der Waals surface area contributed by atoms with Gasteiger partial charge in [-0.15, -0.1) is 0 Å². The topological polar surface area (TPSA) is 74.1 Å². The molecule has 1 fully saturated rings. The monoisotopic (exact) mass is 309 g/mol. The predicted molar refractivity (Wildman–Crippen MR) is 80.0 cm³/mol. The molecule has 1 aliphatic heterocycles. The number of pyridine rings is 1. The first kappa shape index (κ1) is 14.5. The average molecular weight is 309 g/mol. The highest BCUT2D eigenvalue weighted by Crippen LogP contribution is 2.30. The molecular weight excluding hydrogens is 290 g/mol. The van der Waals surface area contributed by atoms with Crippen molar-refractivity contribution < 1.29 is 13.2 Å². The van der Waals surface area contributed by atoms with Gasteiger partial charge in [-0.25, -0.2) is 18.4 Å². The van der Waals surface area contributed by atoms with Crippen LogP contribution < -0.4 is 0 Å². The number of imidazole rings is 1. The molecule has 0 radical (unpaired) electrons. The van der Waals surface area contributed by atoms with Crippen LogP contribution >= 0.6 is 0 Å². The Labute approximate surface area is 124 Å². The first-order chi connectivity index (χ1) is 10.1. The van der Waals surface area contributed by atoms with Crippen LogP contribution in [0, 0.1) is 0 Å². The molecule has 0 bridgehead atoms. The highest BCUT2D eigenvalue weighted by atomic mass is 32.2. The van der Waals surface area contributed by atoms with Gasteiger partial charge in [0.2, 0.25) is 0 Å². The Hall–Kier alpha value is -1.47. The molecule has 2 aromatic rings. The first-order valence-corrected chi connectivity index (χ1v) is 8.93. The van der Waals surface area contributed by atoms with Gasteiger partial charge in [-0.05, 0) is 25.0 Å². The molecule has 6 nitrogen and oxygen atoms in total. The Balaban J connectivity index is 1.97. The van der Waals surface area contributed by atoms with Crippen LogP contribution in [0.15, 0.2) is 18.3 Å². The maximum Gasteiger partial charge on any atom is 0.160 e. The standard InChI is InChI=1S/C14H19N3O3S/c1-20-8-7-17-13(11-4-9-21(18,19)10-5-11)16-12-3-2-6-15-14(12)17/h2-3,6,11H,4-5,7-10H2,1H3. The van der Waals surface area contributed by atoms with Crippen LogP contribution in [-0.4, -0.2) is 48.2 Å². The number of sulfone groups is 1. The second-order valence-electron chi connectivity index (χ2n) is 5.39. The molecule has 0 amide bonds. The fourth-order valence-electron chi connectivity index (χ4n) is 2.84. The van der Waals surface area contributed by atoms with E-state index in [2.05, 4.69) is 14.5 Å². The van der Waals surface area contributed by atoms with Gasteiger partial charge < -0.3 is 9.30 Å². The van der Waals surface area contributed by atoms with E-state index in [0.29, 0.717) is 26.0 Å². The normalized spacial score (nSPS) is 19.1. The summed E-state index contributed by atoms with van der Waals surface area (Å²) < 4.78 is 30.4. The van der Waals surface area contributed by atoms with Gasteiger partial charge in [0.15, 0.2) is 5.65 Å². The van der Waals surface area contributed by atoms with Crippen LogP contribution in [0.25, 0.3) is 11.2 Å². The van der Waals surface area contributed by atoms with E-state index in [9.17, 15) is 8.42 Å². The fraction of sp³-hybridized carbons (Fsp3) is 0.571. The van der Waals surface area contributed by atoms with Crippen molar-refractivity contribution in [1.82, 2.24) is 14.5 Å². The quantitative estimate of drug-likeness (QED) is 0.853. The second-order valence-corrected chi connectivity index (χ2v) is 7.69. The summed E-state index contributed by atoms with van der Waals surface area (Å²) in [6, 6.07) is 3.81. The van der Waals surface area contributed by atoms with Gasteiger partial charge in [0.05, 0.1) is 18.1 Å². The van der Waals surface area contributed by atoms with Crippen molar-refractivity contribution >= 4 is 21.0 Å². The molecule has 3 rings (SSSR count). The summed E-state index contributed by atoms with van der Waals surface area (Å²) >= 11 is 0. The lowest BCUT2D eigenvalue weighted by Gasteiger charge is -2.22. The van der Waals surface area contributed by atoms with Crippen molar-refractivity contribution in [1.29, 1.82) is 0 Å². The Bertz CT molecular complexity index is 725. The smallest absolute Gasteiger partial charge is 0.160 e. The summed E-state index contributed by atoms with van der Waals surface area (Å²) in [6.45, 7) is 1.27. The van der Waals surface area contributed by atoms with Crippen molar-refractivity contribution in [3.05, 3.63) is 24.2 Å². The van der Waals surface area contributed by atoms with E-state index in [4.69, 9.17) is 4.74 Å². The number of rotatable bonds is 4. The maximum absolute atomic E-state index is 11.6. The minimum absolute atomic E-state index is 0.180. The van der Waals surface area contributed by atoms with Crippen LogP contribution in [0.3, 0.4) is 0 Å². The largest absolute Gasteiger partial charge is 0.383 e. The van der Waals surface area contributed by atoms with Gasteiger partial charge in [0.1, 0.15) is 21.2 Å². The van der Waals surface area contributed by atoms with Crippen molar-refractivity contribution in [2.45, 2.75) is 25.3 Å². The predicted octanol–water partition coefficient (Wildman–Crippen LogP) is 1.37. The van der Waals surface area contributed by atoms with Crippen LogP contribution in [0.1, 0.15) is 24.6 Å². The molecule has 0 aliphatic carbocycles. The molecule has 1 saturated heterocycles. The molecule has 21 heavy (non-hydrogen) atoms. The van der Waals surface area contributed by atoms with Crippen LogP contribution in [-0.2, 0) is 21.1 Å². The first-order valence-electron chi connectivity index (χ1n) is 7.11. The lowest BCUT2D eigenvalue weighted by Crippen LogP contribution is -2.24. The lowest BCUT2D eigenvalue weighted by atomic mass is 10.0. The highest BCUT2D eigenvalue weighted by molar-refractivity contribution is 7.91. The summed E-state index contributed by atoms with van der Waals surface area (Å²) in [6.07, 6.45) is 3.03. The number of nitrogens with zero attached hydrogens (tertiary/aromatic N) is 3. The molecule has 0 atom stereocenters. The van der Waals surface area contributed by atoms with E-state index in [0.717, 1.165) is 17.0 Å².